The maximum Gasteiger partial charge on any atom is 0.262 e. The number of aliphatic hydroxyl groups excluding tert-OH is 1. The lowest BCUT2D eigenvalue weighted by molar-refractivity contribution is 0.0694. The van der Waals surface area contributed by atoms with Crippen LogP contribution in [0.4, 0.5) is 0 Å². The van der Waals surface area contributed by atoms with Gasteiger partial charge in [-0.05, 0) is 30.7 Å². The highest BCUT2D eigenvalue weighted by molar-refractivity contribution is 9.10. The number of imide groups is 1. The number of hydrogen-bond acceptors (Lipinski definition) is 3. The number of aromatic nitrogens is 2. The summed E-state index contributed by atoms with van der Waals surface area (Å²) >= 11 is 3.58. The van der Waals surface area contributed by atoms with E-state index in [0.717, 1.165) is 48.1 Å². The predicted molar refractivity (Wildman–Crippen MR) is 127 cm³/mol. The largest absolute Gasteiger partial charge is 0.391 e. The predicted octanol–water partition coefficient (Wildman–Crippen LogP) is 4.66. The molecule has 5 aromatic rings. The second-order valence-corrected chi connectivity index (χ2v) is 9.67. The fourth-order valence-electron chi connectivity index (χ4n) is 5.74. The van der Waals surface area contributed by atoms with E-state index in [0.29, 0.717) is 30.6 Å². The summed E-state index contributed by atoms with van der Waals surface area (Å²) in [6, 6.07) is 14.0. The molecule has 0 aliphatic carbocycles. The lowest BCUT2D eigenvalue weighted by atomic mass is 9.96. The number of hydrogen-bond donors (Lipinski definition) is 1. The minimum atomic E-state index is -0.515. The first-order chi connectivity index (χ1) is 15.5. The lowest BCUT2D eigenvalue weighted by Gasteiger charge is -2.20. The van der Waals surface area contributed by atoms with Crippen molar-refractivity contribution < 1.29 is 14.7 Å². The molecule has 7 rings (SSSR count). The molecule has 1 N–H and O–H groups in total. The number of nitrogens with zero attached hydrogens (tertiary/aromatic N) is 3. The molecule has 1 unspecified atom stereocenters. The zero-order valence-electron chi connectivity index (χ0n) is 17.2. The molecule has 1 atom stereocenters. The molecular weight excluding hydrogens is 470 g/mol. The van der Waals surface area contributed by atoms with Crippen LogP contribution >= 0.6 is 15.9 Å². The molecule has 0 fully saturated rings. The molecular formula is C25H18BrN3O3. The molecule has 3 aromatic carbocycles. The Hall–Kier alpha value is -3.16. The Morgan fingerprint density at radius 3 is 2.34 bits per heavy atom. The van der Waals surface area contributed by atoms with Crippen molar-refractivity contribution in [3.63, 3.8) is 0 Å². The van der Waals surface area contributed by atoms with Crippen molar-refractivity contribution in [2.24, 2.45) is 0 Å². The maximum atomic E-state index is 13.4. The standard InChI is InChI=1S/C25H18BrN3O3/c1-27-24(31)20-18-14-4-2-3-5-16(14)29-11-13(30)8-9-28-17-7-6-12(26)10-15(17)19(21(20)25(27)32)22(28)23(18)29/h2-7,10,13,30H,8-9,11H2,1H3. The van der Waals surface area contributed by atoms with Crippen molar-refractivity contribution in [1.82, 2.24) is 14.0 Å². The molecule has 2 aliphatic heterocycles. The molecule has 0 saturated heterocycles. The Kier molecular flexibility index (Phi) is 3.45. The molecule has 0 saturated carbocycles. The third-order valence-corrected chi connectivity index (χ3v) is 7.58. The smallest absolute Gasteiger partial charge is 0.262 e. The van der Waals surface area contributed by atoms with E-state index >= 15 is 0 Å². The normalized spacial score (nSPS) is 18.5. The van der Waals surface area contributed by atoms with E-state index in [4.69, 9.17) is 0 Å². The fraction of sp³-hybridized carbons (Fsp3) is 0.200. The number of rotatable bonds is 0. The molecule has 2 amide bonds. The first kappa shape index (κ1) is 18.4. The maximum absolute atomic E-state index is 13.4. The summed E-state index contributed by atoms with van der Waals surface area (Å²) in [4.78, 5) is 28.0. The highest BCUT2D eigenvalue weighted by Crippen LogP contribution is 2.47. The van der Waals surface area contributed by atoms with Gasteiger partial charge in [0.2, 0.25) is 0 Å². The molecule has 6 nitrogen and oxygen atoms in total. The van der Waals surface area contributed by atoms with Crippen molar-refractivity contribution in [2.75, 3.05) is 7.05 Å². The van der Waals surface area contributed by atoms with Crippen LogP contribution in [0.15, 0.2) is 46.9 Å². The Morgan fingerprint density at radius 2 is 1.56 bits per heavy atom. The Balaban J connectivity index is 1.90. The van der Waals surface area contributed by atoms with Gasteiger partial charge in [-0.15, -0.1) is 0 Å². The van der Waals surface area contributed by atoms with Crippen LogP contribution in [0.3, 0.4) is 0 Å². The van der Waals surface area contributed by atoms with Crippen molar-refractivity contribution in [1.29, 1.82) is 0 Å². The molecule has 0 bridgehead atoms. The molecule has 0 radical (unpaired) electrons. The van der Waals surface area contributed by atoms with Crippen LogP contribution < -0.4 is 0 Å². The van der Waals surface area contributed by atoms with Gasteiger partial charge >= 0.3 is 0 Å². The molecule has 4 heterocycles. The second kappa shape index (κ2) is 5.99. The summed E-state index contributed by atoms with van der Waals surface area (Å²) in [6.45, 7) is 1.08. The van der Waals surface area contributed by atoms with Crippen molar-refractivity contribution in [3.05, 3.63) is 58.1 Å². The monoisotopic (exact) mass is 487 g/mol. The van der Waals surface area contributed by atoms with Gasteiger partial charge < -0.3 is 14.2 Å². The highest BCUT2D eigenvalue weighted by Gasteiger charge is 2.40. The van der Waals surface area contributed by atoms with E-state index in [1.165, 1.54) is 4.90 Å². The lowest BCUT2D eigenvalue weighted by Crippen LogP contribution is -2.24. The van der Waals surface area contributed by atoms with Gasteiger partial charge in [0.25, 0.3) is 11.8 Å². The summed E-state index contributed by atoms with van der Waals surface area (Å²) < 4.78 is 5.27. The Bertz CT molecular complexity index is 1690. The average molecular weight is 488 g/mol. The van der Waals surface area contributed by atoms with Crippen LogP contribution in [0.5, 0.6) is 0 Å². The van der Waals surface area contributed by atoms with Gasteiger partial charge in [0, 0.05) is 57.2 Å². The van der Waals surface area contributed by atoms with Crippen LogP contribution in [0, 0.1) is 0 Å². The fourth-order valence-corrected chi connectivity index (χ4v) is 6.10. The van der Waals surface area contributed by atoms with Crippen molar-refractivity contribution in [3.8, 4) is 0 Å². The van der Waals surface area contributed by atoms with E-state index in [-0.39, 0.29) is 11.8 Å². The van der Waals surface area contributed by atoms with E-state index in [2.05, 4.69) is 25.1 Å². The van der Waals surface area contributed by atoms with E-state index in [9.17, 15) is 14.7 Å². The SMILES string of the molecule is CN1C(=O)c2c(c3c4ccccc4n4c3c3c2c2cc(Br)ccc2n3CCC(O)C4)C1=O. The van der Waals surface area contributed by atoms with Gasteiger partial charge in [-0.2, -0.15) is 0 Å². The summed E-state index contributed by atoms with van der Waals surface area (Å²) in [6.07, 6.45) is 0.0880. The third kappa shape index (κ3) is 2.04. The highest BCUT2D eigenvalue weighted by atomic mass is 79.9. The number of amides is 2. The number of benzene rings is 3. The van der Waals surface area contributed by atoms with Crippen LogP contribution in [-0.4, -0.2) is 44.1 Å². The van der Waals surface area contributed by atoms with Gasteiger partial charge in [0.15, 0.2) is 0 Å². The molecule has 7 heteroatoms. The molecule has 32 heavy (non-hydrogen) atoms. The van der Waals surface area contributed by atoms with Crippen LogP contribution in [-0.2, 0) is 13.1 Å². The Labute approximate surface area is 190 Å². The zero-order valence-corrected chi connectivity index (χ0v) is 18.8. The summed E-state index contributed by atoms with van der Waals surface area (Å²) in [5.41, 5.74) is 4.81. The molecule has 2 aliphatic rings. The van der Waals surface area contributed by atoms with Crippen LogP contribution in [0.2, 0.25) is 0 Å². The number of aliphatic hydroxyl groups is 1. The molecule has 158 valence electrons. The minimum absolute atomic E-state index is 0.259. The molecule has 0 spiro atoms. The van der Waals surface area contributed by atoms with Crippen LogP contribution in [0.1, 0.15) is 27.1 Å². The van der Waals surface area contributed by atoms with Gasteiger partial charge in [0.1, 0.15) is 0 Å². The summed E-state index contributed by atoms with van der Waals surface area (Å²) in [7, 11) is 1.55. The number of carbonyl (C=O) groups excluding carboxylic acids is 2. The van der Waals surface area contributed by atoms with Gasteiger partial charge in [0.05, 0.1) is 28.3 Å². The number of halogens is 1. The number of para-hydroxylation sites is 1. The second-order valence-electron chi connectivity index (χ2n) is 8.75. The zero-order chi connectivity index (χ0) is 21.9. The Morgan fingerprint density at radius 1 is 0.906 bits per heavy atom. The first-order valence-electron chi connectivity index (χ1n) is 10.7. The molecule has 2 aromatic heterocycles. The van der Waals surface area contributed by atoms with Gasteiger partial charge in [-0.1, -0.05) is 34.1 Å². The van der Waals surface area contributed by atoms with E-state index in [1.54, 1.807) is 7.05 Å². The van der Waals surface area contributed by atoms with Crippen molar-refractivity contribution in [2.45, 2.75) is 25.6 Å². The number of fused-ring (bicyclic) bond motifs is 9. The number of carbonyl (C=O) groups is 2. The van der Waals surface area contributed by atoms with E-state index in [1.807, 2.05) is 42.5 Å². The van der Waals surface area contributed by atoms with Gasteiger partial charge in [-0.25, -0.2) is 0 Å². The van der Waals surface area contributed by atoms with Crippen LogP contribution in [0.25, 0.3) is 43.6 Å². The summed E-state index contributed by atoms with van der Waals surface area (Å²) in [5, 5.41) is 14.3. The first-order valence-corrected chi connectivity index (χ1v) is 11.5. The number of aryl methyl sites for hydroxylation is 1. The third-order valence-electron chi connectivity index (χ3n) is 7.09. The van der Waals surface area contributed by atoms with Gasteiger partial charge in [-0.3, -0.25) is 14.5 Å². The van der Waals surface area contributed by atoms with Crippen molar-refractivity contribution >= 4 is 71.4 Å². The minimum Gasteiger partial charge on any atom is -0.391 e. The topological polar surface area (TPSA) is 67.5 Å². The quantitative estimate of drug-likeness (QED) is 0.323. The van der Waals surface area contributed by atoms with E-state index < -0.39 is 6.10 Å². The summed E-state index contributed by atoms with van der Waals surface area (Å²) in [5.74, 6) is -0.529. The average Bonchev–Trinajstić information content (AvgIpc) is 3.34.